The molecule has 0 saturated carbocycles. The van der Waals surface area contributed by atoms with Crippen LogP contribution >= 0.6 is 11.3 Å². The number of halogens is 2. The van der Waals surface area contributed by atoms with E-state index in [0.29, 0.717) is 48.3 Å². The van der Waals surface area contributed by atoms with Crippen molar-refractivity contribution in [1.82, 2.24) is 14.5 Å². The van der Waals surface area contributed by atoms with E-state index in [2.05, 4.69) is 11.9 Å². The van der Waals surface area contributed by atoms with Crippen LogP contribution in [0.15, 0.2) is 27.8 Å². The summed E-state index contributed by atoms with van der Waals surface area (Å²) in [5.41, 5.74) is -1.08. The van der Waals surface area contributed by atoms with Gasteiger partial charge in [-0.1, -0.05) is 13.3 Å². The summed E-state index contributed by atoms with van der Waals surface area (Å²) in [6, 6.07) is 2.67. The number of aromatic nitrogens is 2. The van der Waals surface area contributed by atoms with Crippen LogP contribution in [0.1, 0.15) is 30.2 Å². The highest BCUT2D eigenvalue weighted by Gasteiger charge is 2.27. The Morgan fingerprint density at radius 1 is 1.18 bits per heavy atom. The van der Waals surface area contributed by atoms with Gasteiger partial charge in [0.25, 0.3) is 5.56 Å². The standard InChI is InChI=1S/C23H25F2N3O5S/c1-2-3-8-32-9-10-33-13-19(29)27-7-6-15-18(12-27)34-21-20(15)22(30)28(23(31)26-21)17-5-4-14(24)11-16(17)25/h4-5,11H,2-3,6-10,12-13H2,1H3,(H,26,31). The van der Waals surface area contributed by atoms with Gasteiger partial charge in [0, 0.05) is 24.1 Å². The molecule has 0 saturated heterocycles. The van der Waals surface area contributed by atoms with E-state index in [-0.39, 0.29) is 30.1 Å². The number of ether oxygens (including phenoxy) is 2. The van der Waals surface area contributed by atoms with E-state index >= 15 is 0 Å². The molecule has 0 radical (unpaired) electrons. The van der Waals surface area contributed by atoms with Crippen LogP contribution in [0.3, 0.4) is 0 Å². The number of nitrogens with one attached hydrogen (secondary N) is 1. The topological polar surface area (TPSA) is 93.6 Å². The SMILES string of the molecule is CCCCOCCOCC(=O)N1CCc2c(sc3[nH]c(=O)n(-c4ccc(F)cc4F)c(=O)c23)C1. The minimum Gasteiger partial charge on any atom is -0.379 e. The highest BCUT2D eigenvalue weighted by Crippen LogP contribution is 2.32. The highest BCUT2D eigenvalue weighted by molar-refractivity contribution is 7.18. The zero-order valence-electron chi connectivity index (χ0n) is 18.7. The number of rotatable bonds is 9. The third-order valence-electron chi connectivity index (χ3n) is 5.64. The molecule has 0 bridgehead atoms. The molecular formula is C23H25F2N3O5S. The fourth-order valence-corrected chi connectivity index (χ4v) is 5.13. The van der Waals surface area contributed by atoms with Gasteiger partial charge in [-0.25, -0.2) is 18.1 Å². The first-order valence-corrected chi connectivity index (χ1v) is 11.9. The van der Waals surface area contributed by atoms with Gasteiger partial charge in [-0.15, -0.1) is 11.3 Å². The highest BCUT2D eigenvalue weighted by atomic mass is 32.1. The largest absolute Gasteiger partial charge is 0.379 e. The van der Waals surface area contributed by atoms with E-state index in [9.17, 15) is 23.2 Å². The summed E-state index contributed by atoms with van der Waals surface area (Å²) in [5, 5.41) is 0.288. The summed E-state index contributed by atoms with van der Waals surface area (Å²) in [5.74, 6) is -1.99. The third kappa shape index (κ3) is 4.96. The van der Waals surface area contributed by atoms with Crippen molar-refractivity contribution in [2.45, 2.75) is 32.7 Å². The third-order valence-corrected chi connectivity index (χ3v) is 6.77. The van der Waals surface area contributed by atoms with E-state index in [1.807, 2.05) is 0 Å². The van der Waals surface area contributed by atoms with Crippen LogP contribution in [0, 0.1) is 11.6 Å². The number of hydrogen-bond acceptors (Lipinski definition) is 6. The fraction of sp³-hybridized carbons (Fsp3) is 0.435. The molecule has 1 aliphatic rings. The van der Waals surface area contributed by atoms with Crippen molar-refractivity contribution in [2.24, 2.45) is 0 Å². The summed E-state index contributed by atoms with van der Waals surface area (Å²) in [6.07, 6.45) is 2.45. The molecule has 3 aromatic rings. The molecule has 2 aromatic heterocycles. The number of hydrogen-bond donors (Lipinski definition) is 1. The van der Waals surface area contributed by atoms with Crippen molar-refractivity contribution in [3.05, 3.63) is 61.1 Å². The first-order valence-electron chi connectivity index (χ1n) is 11.1. The maximum atomic E-state index is 14.3. The number of unbranched alkanes of at least 4 members (excludes halogenated alkanes) is 1. The Labute approximate surface area is 197 Å². The number of aromatic amines is 1. The number of amides is 1. The second-order valence-corrected chi connectivity index (χ2v) is 9.06. The summed E-state index contributed by atoms with van der Waals surface area (Å²) in [4.78, 5) is 43.7. The number of H-pyrrole nitrogens is 1. The smallest absolute Gasteiger partial charge is 0.334 e. The Bertz CT molecular complexity index is 1320. The van der Waals surface area contributed by atoms with Crippen LogP contribution in [0.4, 0.5) is 8.78 Å². The molecule has 182 valence electrons. The van der Waals surface area contributed by atoms with Gasteiger partial charge in [-0.05, 0) is 30.5 Å². The van der Waals surface area contributed by atoms with Crippen molar-refractivity contribution >= 4 is 27.5 Å². The number of fused-ring (bicyclic) bond motifs is 3. The second-order valence-electron chi connectivity index (χ2n) is 7.96. The van der Waals surface area contributed by atoms with E-state index in [4.69, 9.17) is 9.47 Å². The maximum Gasteiger partial charge on any atom is 0.334 e. The summed E-state index contributed by atoms with van der Waals surface area (Å²) in [6.45, 7) is 4.13. The Hall–Kier alpha value is -2.89. The molecule has 3 heterocycles. The zero-order chi connectivity index (χ0) is 24.2. The Morgan fingerprint density at radius 2 is 1.97 bits per heavy atom. The second kappa shape index (κ2) is 10.6. The molecule has 0 fully saturated rings. The maximum absolute atomic E-state index is 14.3. The van der Waals surface area contributed by atoms with E-state index in [1.54, 1.807) is 4.90 Å². The molecule has 1 amide bonds. The number of nitrogens with zero attached hydrogens (tertiary/aromatic N) is 2. The van der Waals surface area contributed by atoms with Crippen molar-refractivity contribution < 1.29 is 23.0 Å². The molecule has 0 atom stereocenters. The van der Waals surface area contributed by atoms with E-state index in [0.717, 1.165) is 35.4 Å². The van der Waals surface area contributed by atoms with Gasteiger partial charge in [-0.3, -0.25) is 14.6 Å². The van der Waals surface area contributed by atoms with Crippen molar-refractivity contribution in [3.63, 3.8) is 0 Å². The lowest BCUT2D eigenvalue weighted by Gasteiger charge is -2.26. The molecule has 1 aliphatic heterocycles. The lowest BCUT2D eigenvalue weighted by atomic mass is 10.1. The average molecular weight is 494 g/mol. The molecule has 0 spiro atoms. The normalized spacial score (nSPS) is 13.4. The number of carbonyl (C=O) groups excluding carboxylic acids is 1. The van der Waals surface area contributed by atoms with E-state index < -0.39 is 22.9 Å². The predicted octanol–water partition coefficient (Wildman–Crippen LogP) is 2.74. The molecule has 0 unspecified atom stereocenters. The lowest BCUT2D eigenvalue weighted by molar-refractivity contribution is -0.137. The van der Waals surface area contributed by atoms with Gasteiger partial charge in [-0.2, -0.15) is 0 Å². The van der Waals surface area contributed by atoms with Crippen LogP contribution in [-0.4, -0.2) is 53.3 Å². The quantitative estimate of drug-likeness (QED) is 0.463. The lowest BCUT2D eigenvalue weighted by Crippen LogP contribution is -2.38. The van der Waals surface area contributed by atoms with Gasteiger partial charge in [0.2, 0.25) is 5.91 Å². The zero-order valence-corrected chi connectivity index (χ0v) is 19.5. The van der Waals surface area contributed by atoms with Gasteiger partial charge >= 0.3 is 5.69 Å². The Kier molecular flexibility index (Phi) is 7.54. The summed E-state index contributed by atoms with van der Waals surface area (Å²) < 4.78 is 39.1. The molecule has 4 rings (SSSR count). The number of carbonyl (C=O) groups is 1. The Balaban J connectivity index is 1.51. The molecule has 0 aliphatic carbocycles. The van der Waals surface area contributed by atoms with Crippen LogP contribution in [0.5, 0.6) is 0 Å². The molecule has 1 N–H and O–H groups in total. The predicted molar refractivity (Wildman–Crippen MR) is 124 cm³/mol. The molecule has 8 nitrogen and oxygen atoms in total. The minimum atomic E-state index is -1.01. The van der Waals surface area contributed by atoms with Gasteiger partial charge in [0.05, 0.1) is 30.8 Å². The number of thiophene rings is 1. The number of benzene rings is 1. The van der Waals surface area contributed by atoms with Crippen molar-refractivity contribution in [2.75, 3.05) is 33.0 Å². The van der Waals surface area contributed by atoms with Crippen molar-refractivity contribution in [1.29, 1.82) is 0 Å². The first-order chi connectivity index (χ1) is 16.4. The minimum absolute atomic E-state index is 0.0646. The van der Waals surface area contributed by atoms with Gasteiger partial charge in [0.1, 0.15) is 23.1 Å². The van der Waals surface area contributed by atoms with Crippen LogP contribution < -0.4 is 11.2 Å². The van der Waals surface area contributed by atoms with E-state index in [1.165, 1.54) is 11.3 Å². The summed E-state index contributed by atoms with van der Waals surface area (Å²) >= 11 is 1.22. The molecule has 34 heavy (non-hydrogen) atoms. The summed E-state index contributed by atoms with van der Waals surface area (Å²) in [7, 11) is 0. The average Bonchev–Trinajstić information content (AvgIpc) is 3.17. The molecule has 1 aromatic carbocycles. The van der Waals surface area contributed by atoms with Crippen LogP contribution in [0.25, 0.3) is 15.9 Å². The van der Waals surface area contributed by atoms with Crippen LogP contribution in [-0.2, 0) is 27.2 Å². The van der Waals surface area contributed by atoms with Gasteiger partial charge in [0.15, 0.2) is 0 Å². The fourth-order valence-electron chi connectivity index (χ4n) is 3.89. The Morgan fingerprint density at radius 3 is 2.74 bits per heavy atom. The van der Waals surface area contributed by atoms with Gasteiger partial charge < -0.3 is 14.4 Å². The van der Waals surface area contributed by atoms with Crippen molar-refractivity contribution in [3.8, 4) is 5.69 Å². The van der Waals surface area contributed by atoms with Crippen LogP contribution in [0.2, 0.25) is 0 Å². The first kappa shape index (κ1) is 24.2. The molecular weight excluding hydrogens is 468 g/mol. The monoisotopic (exact) mass is 493 g/mol. The molecule has 11 heteroatoms.